The van der Waals surface area contributed by atoms with Crippen LogP contribution in [0.15, 0.2) is 24.3 Å². The van der Waals surface area contributed by atoms with E-state index in [0.29, 0.717) is 5.75 Å². The lowest BCUT2D eigenvalue weighted by Gasteiger charge is -2.12. The number of phenols is 1. The van der Waals surface area contributed by atoms with Gasteiger partial charge in [0.25, 0.3) is 0 Å². The molecule has 21 heavy (non-hydrogen) atoms. The van der Waals surface area contributed by atoms with Gasteiger partial charge in [-0.25, -0.2) is 0 Å². The molecule has 0 aromatic heterocycles. The number of rotatable bonds is 4. The van der Waals surface area contributed by atoms with Gasteiger partial charge in [-0.3, -0.25) is 0 Å². The van der Waals surface area contributed by atoms with Crippen LogP contribution in [0, 0.1) is 27.7 Å². The Morgan fingerprint density at radius 1 is 0.762 bits per heavy atom. The van der Waals surface area contributed by atoms with Crippen molar-refractivity contribution in [2.45, 2.75) is 40.5 Å². The summed E-state index contributed by atoms with van der Waals surface area (Å²) in [6.45, 7) is 8.08. The van der Waals surface area contributed by atoms with Gasteiger partial charge < -0.3 is 9.84 Å². The minimum absolute atomic E-state index is 0.412. The number of hydrogen-bond acceptors (Lipinski definition) is 2. The SMILES string of the molecule is COc1c(C)cc(CCc2cc(C)c(O)c(C)c2)cc1C. The van der Waals surface area contributed by atoms with Crippen LogP contribution >= 0.6 is 0 Å². The van der Waals surface area contributed by atoms with Gasteiger partial charge in [-0.2, -0.15) is 0 Å². The Morgan fingerprint density at radius 2 is 1.14 bits per heavy atom. The lowest BCUT2D eigenvalue weighted by atomic mass is 9.97. The summed E-state index contributed by atoms with van der Waals surface area (Å²) in [6.07, 6.45) is 1.97. The Labute approximate surface area is 127 Å². The van der Waals surface area contributed by atoms with Crippen LogP contribution in [-0.4, -0.2) is 12.2 Å². The molecule has 0 radical (unpaired) electrons. The molecule has 1 N–H and O–H groups in total. The van der Waals surface area contributed by atoms with Gasteiger partial charge in [0, 0.05) is 0 Å². The maximum atomic E-state index is 9.83. The van der Waals surface area contributed by atoms with Crippen LogP contribution in [0.1, 0.15) is 33.4 Å². The Bertz CT molecular complexity index is 611. The quantitative estimate of drug-likeness (QED) is 0.900. The molecule has 2 aromatic carbocycles. The molecule has 2 rings (SSSR count). The predicted molar refractivity (Wildman–Crippen MR) is 87.5 cm³/mol. The van der Waals surface area contributed by atoms with E-state index in [1.165, 1.54) is 22.3 Å². The third-order valence-electron chi connectivity index (χ3n) is 3.98. The molecule has 0 spiro atoms. The summed E-state index contributed by atoms with van der Waals surface area (Å²) in [4.78, 5) is 0. The molecule has 0 atom stereocenters. The van der Waals surface area contributed by atoms with E-state index in [9.17, 15) is 5.11 Å². The number of ether oxygens (including phenoxy) is 1. The molecular formula is C19H24O2. The van der Waals surface area contributed by atoms with E-state index in [4.69, 9.17) is 4.74 Å². The lowest BCUT2D eigenvalue weighted by molar-refractivity contribution is 0.408. The molecule has 0 saturated carbocycles. The average molecular weight is 284 g/mol. The van der Waals surface area contributed by atoms with Crippen LogP contribution in [0.4, 0.5) is 0 Å². The molecule has 0 unspecified atom stereocenters. The van der Waals surface area contributed by atoms with Gasteiger partial charge in [0.05, 0.1) is 7.11 Å². The molecule has 112 valence electrons. The second-order valence-corrected chi connectivity index (χ2v) is 5.84. The van der Waals surface area contributed by atoms with Crippen molar-refractivity contribution in [2.24, 2.45) is 0 Å². The highest BCUT2D eigenvalue weighted by Crippen LogP contribution is 2.26. The fourth-order valence-corrected chi connectivity index (χ4v) is 2.98. The van der Waals surface area contributed by atoms with Gasteiger partial charge in [0.1, 0.15) is 11.5 Å². The molecule has 0 amide bonds. The number of methoxy groups -OCH3 is 1. The maximum Gasteiger partial charge on any atom is 0.124 e. The normalized spacial score (nSPS) is 10.7. The summed E-state index contributed by atoms with van der Waals surface area (Å²) in [7, 11) is 1.72. The topological polar surface area (TPSA) is 29.5 Å². The van der Waals surface area contributed by atoms with E-state index in [0.717, 1.165) is 29.7 Å². The molecular weight excluding hydrogens is 260 g/mol. The average Bonchev–Trinajstić information content (AvgIpc) is 2.42. The Morgan fingerprint density at radius 3 is 1.52 bits per heavy atom. The summed E-state index contributed by atoms with van der Waals surface area (Å²) >= 11 is 0. The highest BCUT2D eigenvalue weighted by Gasteiger charge is 2.07. The number of phenolic OH excluding ortho intramolecular Hbond substituents is 1. The first-order chi connectivity index (χ1) is 9.92. The van der Waals surface area contributed by atoms with Crippen molar-refractivity contribution in [1.29, 1.82) is 0 Å². The van der Waals surface area contributed by atoms with Crippen LogP contribution in [0.2, 0.25) is 0 Å². The highest BCUT2D eigenvalue weighted by molar-refractivity contribution is 5.44. The molecule has 0 saturated heterocycles. The molecule has 0 bridgehead atoms. The van der Waals surface area contributed by atoms with Gasteiger partial charge in [-0.05, 0) is 73.9 Å². The minimum Gasteiger partial charge on any atom is -0.507 e. The van der Waals surface area contributed by atoms with E-state index < -0.39 is 0 Å². The Kier molecular flexibility index (Phi) is 4.56. The Hall–Kier alpha value is -1.96. The fraction of sp³-hybridized carbons (Fsp3) is 0.368. The third kappa shape index (κ3) is 3.38. The largest absolute Gasteiger partial charge is 0.507 e. The van der Waals surface area contributed by atoms with Crippen molar-refractivity contribution in [3.63, 3.8) is 0 Å². The second-order valence-electron chi connectivity index (χ2n) is 5.84. The summed E-state index contributed by atoms with van der Waals surface area (Å²) in [5.41, 5.74) is 6.87. The first-order valence-electron chi connectivity index (χ1n) is 7.35. The minimum atomic E-state index is 0.412. The molecule has 0 heterocycles. The zero-order valence-electron chi connectivity index (χ0n) is 13.6. The zero-order valence-corrected chi connectivity index (χ0v) is 13.6. The van der Waals surface area contributed by atoms with E-state index in [2.05, 4.69) is 38.1 Å². The number of aryl methyl sites for hydroxylation is 6. The van der Waals surface area contributed by atoms with Crippen LogP contribution in [0.25, 0.3) is 0 Å². The van der Waals surface area contributed by atoms with Crippen LogP contribution < -0.4 is 4.74 Å². The van der Waals surface area contributed by atoms with Crippen molar-refractivity contribution in [3.05, 3.63) is 57.6 Å². The van der Waals surface area contributed by atoms with E-state index in [-0.39, 0.29) is 0 Å². The monoisotopic (exact) mass is 284 g/mol. The van der Waals surface area contributed by atoms with Crippen molar-refractivity contribution in [1.82, 2.24) is 0 Å². The van der Waals surface area contributed by atoms with Crippen LogP contribution in [0.5, 0.6) is 11.5 Å². The summed E-state index contributed by atoms with van der Waals surface area (Å²) in [5.74, 6) is 1.39. The van der Waals surface area contributed by atoms with Gasteiger partial charge >= 0.3 is 0 Å². The summed E-state index contributed by atoms with van der Waals surface area (Å²) in [6, 6.07) is 8.55. The standard InChI is InChI=1S/C19H24O2/c1-12-8-16(9-13(2)18(12)20)6-7-17-10-14(3)19(21-5)15(4)11-17/h8-11,20H,6-7H2,1-5H3. The maximum absolute atomic E-state index is 9.83. The molecule has 2 aromatic rings. The zero-order chi connectivity index (χ0) is 15.6. The van der Waals surface area contributed by atoms with Crippen LogP contribution in [-0.2, 0) is 12.8 Å². The highest BCUT2D eigenvalue weighted by atomic mass is 16.5. The molecule has 0 aliphatic rings. The predicted octanol–water partition coefficient (Wildman–Crippen LogP) is 4.42. The van der Waals surface area contributed by atoms with E-state index in [1.54, 1.807) is 7.11 Å². The van der Waals surface area contributed by atoms with Gasteiger partial charge in [0.15, 0.2) is 0 Å². The van der Waals surface area contributed by atoms with Crippen molar-refractivity contribution in [3.8, 4) is 11.5 Å². The molecule has 0 aliphatic carbocycles. The molecule has 2 heteroatoms. The van der Waals surface area contributed by atoms with Gasteiger partial charge in [-0.1, -0.05) is 24.3 Å². The third-order valence-corrected chi connectivity index (χ3v) is 3.98. The molecule has 0 fully saturated rings. The number of hydrogen-bond donors (Lipinski definition) is 1. The van der Waals surface area contributed by atoms with Gasteiger partial charge in [-0.15, -0.1) is 0 Å². The number of aromatic hydroxyl groups is 1. The van der Waals surface area contributed by atoms with E-state index in [1.807, 2.05) is 13.8 Å². The van der Waals surface area contributed by atoms with Crippen molar-refractivity contribution >= 4 is 0 Å². The van der Waals surface area contributed by atoms with Crippen LogP contribution in [0.3, 0.4) is 0 Å². The lowest BCUT2D eigenvalue weighted by Crippen LogP contribution is -1.97. The molecule has 2 nitrogen and oxygen atoms in total. The summed E-state index contributed by atoms with van der Waals surface area (Å²) in [5, 5.41) is 9.83. The van der Waals surface area contributed by atoms with Gasteiger partial charge in [0.2, 0.25) is 0 Å². The first kappa shape index (κ1) is 15.4. The Balaban J connectivity index is 2.17. The summed E-state index contributed by atoms with van der Waals surface area (Å²) < 4.78 is 5.41. The molecule has 0 aliphatic heterocycles. The van der Waals surface area contributed by atoms with Crippen molar-refractivity contribution < 1.29 is 9.84 Å². The fourth-order valence-electron chi connectivity index (χ4n) is 2.98. The van der Waals surface area contributed by atoms with Crippen molar-refractivity contribution in [2.75, 3.05) is 7.11 Å². The number of benzene rings is 2. The second kappa shape index (κ2) is 6.21. The van der Waals surface area contributed by atoms with E-state index >= 15 is 0 Å². The first-order valence-corrected chi connectivity index (χ1v) is 7.35. The smallest absolute Gasteiger partial charge is 0.124 e.